The largest absolute Gasteiger partial charge is 0.391 e. The highest BCUT2D eigenvalue weighted by atomic mass is 16.5. The van der Waals surface area contributed by atoms with E-state index in [0.29, 0.717) is 17.3 Å². The summed E-state index contributed by atoms with van der Waals surface area (Å²) in [5.41, 5.74) is 2.87. The smallest absolute Gasteiger partial charge is 0.146 e. The normalized spacial score (nSPS) is 15.2. The minimum Gasteiger partial charge on any atom is -0.391 e. The lowest BCUT2D eigenvalue weighted by atomic mass is 10.1. The van der Waals surface area contributed by atoms with Crippen LogP contribution in [0.15, 0.2) is 16.7 Å². The molecule has 5 nitrogen and oxygen atoms in total. The Morgan fingerprint density at radius 2 is 2.18 bits per heavy atom. The van der Waals surface area contributed by atoms with E-state index in [1.165, 1.54) is 0 Å². The summed E-state index contributed by atoms with van der Waals surface area (Å²) in [6, 6.07) is 3.71. The number of hydrogen-bond acceptors (Lipinski definition) is 5. The molecule has 2 aromatic heterocycles. The van der Waals surface area contributed by atoms with Gasteiger partial charge in [0.2, 0.25) is 0 Å². The van der Waals surface area contributed by atoms with Gasteiger partial charge in [-0.1, -0.05) is 5.16 Å². The van der Waals surface area contributed by atoms with Crippen LogP contribution in [0.3, 0.4) is 0 Å². The number of nitrogens with zero attached hydrogens (tertiary/aromatic N) is 3. The summed E-state index contributed by atoms with van der Waals surface area (Å²) in [6.45, 7) is 1.81. The van der Waals surface area contributed by atoms with Crippen molar-refractivity contribution in [1.82, 2.24) is 15.4 Å². The van der Waals surface area contributed by atoms with Gasteiger partial charge in [-0.25, -0.2) is 0 Å². The molecule has 0 spiro atoms. The fraction of sp³-hybridized carbons (Fsp3) is 0.417. The van der Waals surface area contributed by atoms with Gasteiger partial charge in [0.25, 0.3) is 0 Å². The van der Waals surface area contributed by atoms with E-state index in [4.69, 9.17) is 4.52 Å². The van der Waals surface area contributed by atoms with Crippen LogP contribution < -0.4 is 0 Å². The second kappa shape index (κ2) is 3.92. The van der Waals surface area contributed by atoms with Crippen molar-refractivity contribution < 1.29 is 9.63 Å². The molecule has 1 aliphatic rings. The van der Waals surface area contributed by atoms with E-state index in [1.54, 1.807) is 0 Å². The van der Waals surface area contributed by atoms with Gasteiger partial charge in [-0.05, 0) is 31.9 Å². The van der Waals surface area contributed by atoms with Crippen molar-refractivity contribution in [2.24, 2.45) is 0 Å². The molecule has 0 amide bonds. The minimum atomic E-state index is -0.0692. The van der Waals surface area contributed by atoms with Gasteiger partial charge in [-0.15, -0.1) is 5.10 Å². The third kappa shape index (κ3) is 1.82. The van der Waals surface area contributed by atoms with Gasteiger partial charge >= 0.3 is 0 Å². The first kappa shape index (κ1) is 10.4. The molecular weight excluding hydrogens is 218 g/mol. The molecule has 0 aliphatic heterocycles. The van der Waals surface area contributed by atoms with Crippen LogP contribution in [0.1, 0.15) is 35.8 Å². The molecule has 1 N–H and O–H groups in total. The zero-order valence-corrected chi connectivity index (χ0v) is 9.55. The highest BCUT2D eigenvalue weighted by molar-refractivity contribution is 5.59. The number of aryl methyl sites for hydroxylation is 1. The van der Waals surface area contributed by atoms with Crippen molar-refractivity contribution in [2.75, 3.05) is 0 Å². The summed E-state index contributed by atoms with van der Waals surface area (Å²) < 4.78 is 5.32. The molecule has 0 aromatic carbocycles. The summed E-state index contributed by atoms with van der Waals surface area (Å²) >= 11 is 0. The lowest BCUT2D eigenvalue weighted by Crippen LogP contribution is -1.94. The van der Waals surface area contributed by atoms with Gasteiger partial charge in [0.15, 0.2) is 0 Å². The third-order valence-electron chi connectivity index (χ3n) is 2.97. The Morgan fingerprint density at radius 1 is 1.35 bits per heavy atom. The van der Waals surface area contributed by atoms with E-state index in [2.05, 4.69) is 15.4 Å². The van der Waals surface area contributed by atoms with Gasteiger partial charge < -0.3 is 9.63 Å². The number of rotatable bonds is 3. The van der Waals surface area contributed by atoms with E-state index in [0.717, 1.165) is 29.9 Å². The van der Waals surface area contributed by atoms with Crippen LogP contribution >= 0.6 is 0 Å². The lowest BCUT2D eigenvalue weighted by molar-refractivity contribution is 0.277. The summed E-state index contributed by atoms with van der Waals surface area (Å²) in [4.78, 5) is 0. The van der Waals surface area contributed by atoms with Crippen molar-refractivity contribution in [2.45, 2.75) is 32.3 Å². The minimum absolute atomic E-state index is 0.0692. The van der Waals surface area contributed by atoms with Crippen LogP contribution in [0.4, 0.5) is 0 Å². The van der Waals surface area contributed by atoms with Crippen LogP contribution in [0.25, 0.3) is 11.4 Å². The second-order valence-corrected chi connectivity index (χ2v) is 4.37. The maximum atomic E-state index is 9.43. The maximum Gasteiger partial charge on any atom is 0.146 e. The van der Waals surface area contributed by atoms with Crippen molar-refractivity contribution in [1.29, 1.82) is 0 Å². The fourth-order valence-corrected chi connectivity index (χ4v) is 1.87. The molecule has 17 heavy (non-hydrogen) atoms. The first-order valence-corrected chi connectivity index (χ1v) is 5.69. The zero-order chi connectivity index (χ0) is 11.8. The first-order chi connectivity index (χ1) is 8.29. The Labute approximate surface area is 98.5 Å². The molecule has 1 fully saturated rings. The number of aliphatic hydroxyl groups excluding tert-OH is 1. The molecule has 0 saturated heterocycles. The molecule has 0 atom stereocenters. The molecular formula is C12H13N3O2. The lowest BCUT2D eigenvalue weighted by Gasteiger charge is -1.99. The molecule has 1 aliphatic carbocycles. The molecule has 0 unspecified atom stereocenters. The number of aliphatic hydroxyl groups is 1. The SMILES string of the molecule is Cc1ccc(-c2noc(C3CC3)c2CO)nn1. The van der Waals surface area contributed by atoms with Gasteiger partial charge in [0.1, 0.15) is 17.1 Å². The van der Waals surface area contributed by atoms with Crippen LogP contribution in [0.5, 0.6) is 0 Å². The Hall–Kier alpha value is -1.75. The molecule has 3 rings (SSSR count). The van der Waals surface area contributed by atoms with Crippen LogP contribution in [0, 0.1) is 6.92 Å². The average molecular weight is 231 g/mol. The molecule has 2 heterocycles. The Balaban J connectivity index is 2.04. The molecule has 0 radical (unpaired) electrons. The van der Waals surface area contributed by atoms with Gasteiger partial charge in [0, 0.05) is 5.92 Å². The third-order valence-corrected chi connectivity index (χ3v) is 2.97. The van der Waals surface area contributed by atoms with Crippen LogP contribution in [0.2, 0.25) is 0 Å². The molecule has 5 heteroatoms. The van der Waals surface area contributed by atoms with Crippen molar-refractivity contribution in [3.05, 3.63) is 29.2 Å². The van der Waals surface area contributed by atoms with E-state index in [-0.39, 0.29) is 6.61 Å². The monoisotopic (exact) mass is 231 g/mol. The second-order valence-electron chi connectivity index (χ2n) is 4.37. The van der Waals surface area contributed by atoms with Gasteiger partial charge in [0.05, 0.1) is 17.9 Å². The average Bonchev–Trinajstić information content (AvgIpc) is 3.10. The van der Waals surface area contributed by atoms with Crippen molar-refractivity contribution in [3.8, 4) is 11.4 Å². The highest BCUT2D eigenvalue weighted by Gasteiger charge is 2.32. The van der Waals surface area contributed by atoms with E-state index in [1.807, 2.05) is 19.1 Å². The van der Waals surface area contributed by atoms with Crippen LogP contribution in [-0.4, -0.2) is 20.5 Å². The maximum absolute atomic E-state index is 9.43. The van der Waals surface area contributed by atoms with Gasteiger partial charge in [-0.3, -0.25) is 0 Å². The number of aromatic nitrogens is 3. The topological polar surface area (TPSA) is 72.0 Å². The fourth-order valence-electron chi connectivity index (χ4n) is 1.87. The zero-order valence-electron chi connectivity index (χ0n) is 9.55. The quantitative estimate of drug-likeness (QED) is 0.872. The van der Waals surface area contributed by atoms with Crippen molar-refractivity contribution >= 4 is 0 Å². The Morgan fingerprint density at radius 3 is 2.76 bits per heavy atom. The first-order valence-electron chi connectivity index (χ1n) is 5.69. The predicted octanol–water partition coefficient (Wildman–Crippen LogP) is 1.81. The summed E-state index contributed by atoms with van der Waals surface area (Å²) in [5, 5.41) is 21.5. The molecule has 88 valence electrons. The molecule has 1 saturated carbocycles. The Bertz CT molecular complexity index is 529. The van der Waals surface area contributed by atoms with E-state index >= 15 is 0 Å². The highest BCUT2D eigenvalue weighted by Crippen LogP contribution is 2.43. The number of hydrogen-bond donors (Lipinski definition) is 1. The Kier molecular flexibility index (Phi) is 2.40. The van der Waals surface area contributed by atoms with Gasteiger partial charge in [-0.2, -0.15) is 5.10 Å². The molecule has 2 aromatic rings. The molecule has 0 bridgehead atoms. The van der Waals surface area contributed by atoms with E-state index in [9.17, 15) is 5.11 Å². The van der Waals surface area contributed by atoms with Crippen molar-refractivity contribution in [3.63, 3.8) is 0 Å². The summed E-state index contributed by atoms with van der Waals surface area (Å²) in [5.74, 6) is 1.24. The van der Waals surface area contributed by atoms with Crippen LogP contribution in [-0.2, 0) is 6.61 Å². The predicted molar refractivity (Wildman–Crippen MR) is 60.2 cm³/mol. The summed E-state index contributed by atoms with van der Waals surface area (Å²) in [7, 11) is 0. The summed E-state index contributed by atoms with van der Waals surface area (Å²) in [6.07, 6.45) is 2.22. The van der Waals surface area contributed by atoms with E-state index < -0.39 is 0 Å². The standard InChI is InChI=1S/C12H13N3O2/c1-7-2-5-10(14-13-7)11-9(6-16)12(17-15-11)8-3-4-8/h2,5,8,16H,3-4,6H2,1H3.